The Morgan fingerprint density at radius 2 is 2.33 bits per heavy atom. The summed E-state index contributed by atoms with van der Waals surface area (Å²) in [7, 11) is 0. The zero-order valence-corrected chi connectivity index (χ0v) is 6.33. The summed E-state index contributed by atoms with van der Waals surface area (Å²) in [6.45, 7) is 0. The zero-order valence-electron chi connectivity index (χ0n) is 6.33. The molecule has 3 rings (SSSR count). The molecule has 0 spiro atoms. The summed E-state index contributed by atoms with van der Waals surface area (Å²) in [5.41, 5.74) is 4.38. The van der Waals surface area contributed by atoms with Gasteiger partial charge in [0, 0.05) is 23.2 Å². The predicted octanol–water partition coefficient (Wildman–Crippen LogP) is 1.26. The molecule has 0 saturated carbocycles. The van der Waals surface area contributed by atoms with Gasteiger partial charge in [-0.2, -0.15) is 5.10 Å². The number of hydrogen-bond acceptors (Lipinski definition) is 2. The lowest BCUT2D eigenvalue weighted by Gasteiger charge is -2.18. The second kappa shape index (κ2) is 1.88. The number of fused-ring (bicyclic) bond motifs is 4. The molecule has 2 bridgehead atoms. The van der Waals surface area contributed by atoms with E-state index in [4.69, 9.17) is 0 Å². The Morgan fingerprint density at radius 3 is 3.33 bits per heavy atom. The Balaban J connectivity index is 2.34. The van der Waals surface area contributed by atoms with Crippen molar-refractivity contribution < 1.29 is 0 Å². The smallest absolute Gasteiger partial charge is 0.0962 e. The van der Waals surface area contributed by atoms with Crippen LogP contribution in [0.1, 0.15) is 11.3 Å². The summed E-state index contributed by atoms with van der Waals surface area (Å²) in [5, 5.41) is 10.2. The van der Waals surface area contributed by atoms with Gasteiger partial charge < -0.3 is 5.32 Å². The number of dihydropyridines is 1. The number of rotatable bonds is 0. The van der Waals surface area contributed by atoms with Gasteiger partial charge in [0.05, 0.1) is 5.69 Å². The molecule has 2 aliphatic heterocycles. The summed E-state index contributed by atoms with van der Waals surface area (Å²) in [6, 6.07) is 0. The van der Waals surface area contributed by atoms with Crippen molar-refractivity contribution in [2.45, 2.75) is 0 Å². The third-order valence-corrected chi connectivity index (χ3v) is 2.07. The molecular weight excluding hydrogens is 150 g/mol. The number of aromatic amines is 1. The maximum Gasteiger partial charge on any atom is 0.0962 e. The van der Waals surface area contributed by atoms with E-state index in [1.807, 2.05) is 30.5 Å². The quantitative estimate of drug-likeness (QED) is 0.595. The topological polar surface area (TPSA) is 40.7 Å². The lowest BCUT2D eigenvalue weighted by molar-refractivity contribution is 1.07. The first kappa shape index (κ1) is 5.83. The van der Waals surface area contributed by atoms with Gasteiger partial charge in [-0.3, -0.25) is 5.10 Å². The number of allylic oxidation sites excluding steroid dienone is 3. The van der Waals surface area contributed by atoms with Crippen molar-refractivity contribution in [2.24, 2.45) is 0 Å². The molecule has 0 atom stereocenters. The van der Waals surface area contributed by atoms with Gasteiger partial charge in [0.1, 0.15) is 0 Å². The molecule has 12 heavy (non-hydrogen) atoms. The first-order valence-corrected chi connectivity index (χ1v) is 3.85. The molecule has 1 aromatic heterocycles. The molecule has 2 aliphatic rings. The molecule has 0 aliphatic carbocycles. The Morgan fingerprint density at radius 1 is 1.33 bits per heavy atom. The van der Waals surface area contributed by atoms with E-state index in [1.54, 1.807) is 0 Å². The van der Waals surface area contributed by atoms with E-state index < -0.39 is 0 Å². The monoisotopic (exact) mass is 157 g/mol. The van der Waals surface area contributed by atoms with Crippen LogP contribution in [0.25, 0.3) is 11.8 Å². The van der Waals surface area contributed by atoms with Crippen LogP contribution in [-0.2, 0) is 0 Å². The molecule has 0 fully saturated rings. The minimum atomic E-state index is 1.01. The molecule has 0 saturated heterocycles. The summed E-state index contributed by atoms with van der Waals surface area (Å²) in [5.74, 6) is 0. The van der Waals surface area contributed by atoms with Crippen LogP contribution < -0.4 is 5.32 Å². The van der Waals surface area contributed by atoms with E-state index in [9.17, 15) is 0 Å². The molecular formula is C9H7N3. The van der Waals surface area contributed by atoms with Gasteiger partial charge in [-0.1, -0.05) is 6.08 Å². The van der Waals surface area contributed by atoms with E-state index in [-0.39, 0.29) is 0 Å². The Hall–Kier alpha value is -1.77. The maximum absolute atomic E-state index is 4.12. The average Bonchev–Trinajstić information content (AvgIpc) is 2.53. The molecule has 0 amide bonds. The second-order valence-corrected chi connectivity index (χ2v) is 2.85. The predicted molar refractivity (Wildman–Crippen MR) is 46.8 cm³/mol. The van der Waals surface area contributed by atoms with Crippen molar-refractivity contribution in [3.05, 3.63) is 41.4 Å². The standard InChI is InChI=1S/C9H7N3/c1-2-6-4-9-7(5-10-12-9)8(3-1)11-6/h1-5,11H,(H,10,12). The van der Waals surface area contributed by atoms with Crippen molar-refractivity contribution in [3.63, 3.8) is 0 Å². The Labute approximate surface area is 69.5 Å². The van der Waals surface area contributed by atoms with E-state index >= 15 is 0 Å². The fourth-order valence-corrected chi connectivity index (χ4v) is 1.50. The van der Waals surface area contributed by atoms with Gasteiger partial charge >= 0.3 is 0 Å². The van der Waals surface area contributed by atoms with Gasteiger partial charge in [-0.15, -0.1) is 0 Å². The van der Waals surface area contributed by atoms with E-state index in [2.05, 4.69) is 15.5 Å². The number of nitrogens with zero attached hydrogens (tertiary/aromatic N) is 1. The van der Waals surface area contributed by atoms with Crippen LogP contribution in [0.2, 0.25) is 0 Å². The minimum Gasteiger partial charge on any atom is -0.355 e. The van der Waals surface area contributed by atoms with Crippen molar-refractivity contribution in [2.75, 3.05) is 0 Å². The van der Waals surface area contributed by atoms with Gasteiger partial charge in [-0.05, 0) is 18.2 Å². The highest BCUT2D eigenvalue weighted by Gasteiger charge is 2.16. The Bertz CT molecular complexity index is 421. The van der Waals surface area contributed by atoms with E-state index in [1.165, 1.54) is 0 Å². The largest absolute Gasteiger partial charge is 0.355 e. The summed E-state index contributed by atoms with van der Waals surface area (Å²) < 4.78 is 0. The first-order chi connectivity index (χ1) is 5.93. The average molecular weight is 157 g/mol. The SMILES string of the molecule is C1=CC2=Cc3n[nH]cc3C(=C1)N2. The van der Waals surface area contributed by atoms with Crippen molar-refractivity contribution in [1.29, 1.82) is 0 Å². The number of H-pyrrole nitrogens is 1. The van der Waals surface area contributed by atoms with Crippen molar-refractivity contribution in [3.8, 4) is 0 Å². The number of aromatic nitrogens is 2. The summed E-state index contributed by atoms with van der Waals surface area (Å²) in [6.07, 6.45) is 10.0. The fourth-order valence-electron chi connectivity index (χ4n) is 1.50. The van der Waals surface area contributed by atoms with E-state index in [0.717, 1.165) is 22.7 Å². The van der Waals surface area contributed by atoms with Crippen LogP contribution in [0.15, 0.2) is 30.1 Å². The maximum atomic E-state index is 4.12. The molecule has 0 unspecified atom stereocenters. The van der Waals surface area contributed by atoms with Crippen LogP contribution >= 0.6 is 0 Å². The molecule has 58 valence electrons. The van der Waals surface area contributed by atoms with Gasteiger partial charge in [0.15, 0.2) is 0 Å². The second-order valence-electron chi connectivity index (χ2n) is 2.85. The van der Waals surface area contributed by atoms with Gasteiger partial charge in [-0.25, -0.2) is 0 Å². The molecule has 0 radical (unpaired) electrons. The molecule has 1 aromatic rings. The van der Waals surface area contributed by atoms with Crippen LogP contribution in [0.5, 0.6) is 0 Å². The highest BCUT2D eigenvalue weighted by molar-refractivity contribution is 5.80. The third kappa shape index (κ3) is 0.625. The third-order valence-electron chi connectivity index (χ3n) is 2.07. The summed E-state index contributed by atoms with van der Waals surface area (Å²) >= 11 is 0. The normalized spacial score (nSPS) is 17.7. The Kier molecular flexibility index (Phi) is 0.913. The lowest BCUT2D eigenvalue weighted by atomic mass is 10.0. The molecule has 0 aromatic carbocycles. The van der Waals surface area contributed by atoms with Crippen LogP contribution in [-0.4, -0.2) is 10.2 Å². The minimum absolute atomic E-state index is 1.01. The van der Waals surface area contributed by atoms with Gasteiger partial charge in [0.25, 0.3) is 0 Å². The fraction of sp³-hybridized carbons (Fsp3) is 0. The highest BCUT2D eigenvalue weighted by atomic mass is 15.1. The highest BCUT2D eigenvalue weighted by Crippen LogP contribution is 2.26. The lowest BCUT2D eigenvalue weighted by Crippen LogP contribution is -2.16. The molecule has 2 N–H and O–H groups in total. The molecule has 3 nitrogen and oxygen atoms in total. The van der Waals surface area contributed by atoms with Gasteiger partial charge in [0.2, 0.25) is 0 Å². The number of hydrogen-bond donors (Lipinski definition) is 2. The number of nitrogens with one attached hydrogen (secondary N) is 2. The molecule has 3 heteroatoms. The van der Waals surface area contributed by atoms with E-state index in [0.29, 0.717) is 0 Å². The van der Waals surface area contributed by atoms with Crippen LogP contribution in [0, 0.1) is 0 Å². The zero-order chi connectivity index (χ0) is 7.97. The molecule has 3 heterocycles. The first-order valence-electron chi connectivity index (χ1n) is 3.85. The van der Waals surface area contributed by atoms with Crippen molar-refractivity contribution in [1.82, 2.24) is 15.5 Å². The van der Waals surface area contributed by atoms with Crippen molar-refractivity contribution >= 4 is 11.8 Å². The van der Waals surface area contributed by atoms with Crippen LogP contribution in [0.3, 0.4) is 0 Å². The summed E-state index contributed by atoms with van der Waals surface area (Å²) in [4.78, 5) is 0. The van der Waals surface area contributed by atoms with Crippen LogP contribution in [0.4, 0.5) is 0 Å².